The number of hydrogen-bond donors (Lipinski definition) is 0. The molecule has 0 aliphatic carbocycles. The van der Waals surface area contributed by atoms with Crippen LogP contribution in [0.3, 0.4) is 0 Å². The third-order valence-corrected chi connectivity index (χ3v) is 4.31. The molecule has 2 aromatic carbocycles. The molecule has 0 aliphatic heterocycles. The van der Waals surface area contributed by atoms with Crippen molar-refractivity contribution in [3.05, 3.63) is 53.8 Å². The first-order valence-electron chi connectivity index (χ1n) is 6.46. The molecule has 0 fully saturated rings. The van der Waals surface area contributed by atoms with Gasteiger partial charge < -0.3 is 0 Å². The first kappa shape index (κ1) is 15.4. The molecule has 0 saturated carbocycles. The van der Waals surface area contributed by atoms with Crippen LogP contribution in [0.5, 0.6) is 0 Å². The van der Waals surface area contributed by atoms with Crippen molar-refractivity contribution >= 4 is 15.6 Å². The van der Waals surface area contributed by atoms with Gasteiger partial charge in [-0.15, -0.1) is 0 Å². The normalized spacial score (nSPS) is 11.4. The van der Waals surface area contributed by atoms with Crippen LogP contribution in [0, 0.1) is 5.82 Å². The van der Waals surface area contributed by atoms with E-state index in [1.54, 1.807) is 25.1 Å². The lowest BCUT2D eigenvalue weighted by atomic mass is 9.96. The maximum absolute atomic E-state index is 13.0. The minimum atomic E-state index is -3.38. The van der Waals surface area contributed by atoms with Gasteiger partial charge in [-0.05, 0) is 35.4 Å². The Kier molecular flexibility index (Phi) is 4.23. The predicted molar refractivity (Wildman–Crippen MR) is 79.6 cm³/mol. The topological polar surface area (TPSA) is 51.2 Å². The summed E-state index contributed by atoms with van der Waals surface area (Å²) in [4.78, 5) is 12.2. The van der Waals surface area contributed by atoms with Crippen LogP contribution in [-0.2, 0) is 9.84 Å². The number of carbonyl (C=O) groups is 1. The van der Waals surface area contributed by atoms with Crippen molar-refractivity contribution in [2.24, 2.45) is 0 Å². The largest absolute Gasteiger partial charge is 0.294 e. The highest BCUT2D eigenvalue weighted by atomic mass is 32.2. The van der Waals surface area contributed by atoms with Crippen LogP contribution in [-0.4, -0.2) is 20.5 Å². The maximum Gasteiger partial charge on any atom is 0.175 e. The molecule has 0 bridgehead atoms. The molecule has 0 aromatic heterocycles. The lowest BCUT2D eigenvalue weighted by Gasteiger charge is -2.10. The van der Waals surface area contributed by atoms with Crippen LogP contribution in [0.2, 0.25) is 0 Å². The second-order valence-corrected chi connectivity index (χ2v) is 6.78. The second kappa shape index (κ2) is 5.77. The third kappa shape index (κ3) is 3.36. The van der Waals surface area contributed by atoms with Crippen LogP contribution < -0.4 is 0 Å². The maximum atomic E-state index is 13.0. The zero-order valence-electron chi connectivity index (χ0n) is 11.8. The number of halogens is 1. The first-order chi connectivity index (χ1) is 9.82. The summed E-state index contributed by atoms with van der Waals surface area (Å²) in [7, 11) is -3.38. The smallest absolute Gasteiger partial charge is 0.175 e. The van der Waals surface area contributed by atoms with Gasteiger partial charge in [0.2, 0.25) is 0 Å². The monoisotopic (exact) mass is 306 g/mol. The van der Waals surface area contributed by atoms with E-state index in [1.807, 2.05) is 0 Å². The highest BCUT2D eigenvalue weighted by Gasteiger charge is 2.16. The van der Waals surface area contributed by atoms with E-state index in [1.165, 1.54) is 24.3 Å². The van der Waals surface area contributed by atoms with Crippen molar-refractivity contribution in [3.8, 4) is 11.1 Å². The lowest BCUT2D eigenvalue weighted by Crippen LogP contribution is -2.04. The molecule has 0 atom stereocenters. The number of carbonyl (C=O) groups excluding carboxylic acids is 1. The Morgan fingerprint density at radius 1 is 1.10 bits per heavy atom. The summed E-state index contributed by atoms with van der Waals surface area (Å²) in [6, 6.07) is 10.2. The van der Waals surface area contributed by atoms with Crippen molar-refractivity contribution in [2.75, 3.05) is 6.26 Å². The van der Waals surface area contributed by atoms with Crippen LogP contribution in [0.25, 0.3) is 11.1 Å². The Morgan fingerprint density at radius 2 is 1.71 bits per heavy atom. The van der Waals surface area contributed by atoms with Gasteiger partial charge in [-0.25, -0.2) is 12.8 Å². The molecule has 21 heavy (non-hydrogen) atoms. The molecule has 0 spiro atoms. The lowest BCUT2D eigenvalue weighted by molar-refractivity contribution is 0.0988. The second-order valence-electron chi connectivity index (χ2n) is 4.76. The molecule has 110 valence electrons. The SMILES string of the molecule is CCC(=O)c1cc(S(C)(=O)=O)ccc1-c1ccc(F)cc1. The van der Waals surface area contributed by atoms with Gasteiger partial charge in [0.05, 0.1) is 4.90 Å². The van der Waals surface area contributed by atoms with Crippen molar-refractivity contribution in [1.82, 2.24) is 0 Å². The molecule has 0 aliphatic rings. The van der Waals surface area contributed by atoms with E-state index in [4.69, 9.17) is 0 Å². The first-order valence-corrected chi connectivity index (χ1v) is 8.35. The Balaban J connectivity index is 2.66. The third-order valence-electron chi connectivity index (χ3n) is 3.20. The Morgan fingerprint density at radius 3 is 2.24 bits per heavy atom. The summed E-state index contributed by atoms with van der Waals surface area (Å²) >= 11 is 0. The summed E-state index contributed by atoms with van der Waals surface area (Å²) < 4.78 is 36.3. The van der Waals surface area contributed by atoms with Gasteiger partial charge in [0.25, 0.3) is 0 Å². The fourth-order valence-corrected chi connectivity index (χ4v) is 2.70. The van der Waals surface area contributed by atoms with E-state index >= 15 is 0 Å². The van der Waals surface area contributed by atoms with Gasteiger partial charge in [-0.2, -0.15) is 0 Å². The predicted octanol–water partition coefficient (Wildman–Crippen LogP) is 3.49. The number of Topliss-reactive ketones (excluding diaryl/α,β-unsaturated/α-hetero) is 1. The van der Waals surface area contributed by atoms with Crippen LogP contribution in [0.1, 0.15) is 23.7 Å². The van der Waals surface area contributed by atoms with Gasteiger partial charge in [0.1, 0.15) is 5.82 Å². The van der Waals surface area contributed by atoms with Gasteiger partial charge in [-0.1, -0.05) is 25.1 Å². The van der Waals surface area contributed by atoms with E-state index in [0.717, 1.165) is 6.26 Å². The quantitative estimate of drug-likeness (QED) is 0.812. The Labute approximate surface area is 123 Å². The van der Waals surface area contributed by atoms with Crippen LogP contribution in [0.4, 0.5) is 4.39 Å². The van der Waals surface area contributed by atoms with Gasteiger partial charge >= 0.3 is 0 Å². The molecule has 0 N–H and O–H groups in total. The molecular formula is C16H15FO3S. The molecule has 0 saturated heterocycles. The van der Waals surface area contributed by atoms with Crippen molar-refractivity contribution in [3.63, 3.8) is 0 Å². The molecule has 0 amide bonds. The van der Waals surface area contributed by atoms with Gasteiger partial charge in [0.15, 0.2) is 15.6 Å². The zero-order valence-corrected chi connectivity index (χ0v) is 12.6. The molecule has 0 heterocycles. The van der Waals surface area contributed by atoms with Crippen molar-refractivity contribution in [2.45, 2.75) is 18.2 Å². The van der Waals surface area contributed by atoms with Crippen molar-refractivity contribution < 1.29 is 17.6 Å². The number of rotatable bonds is 4. The minimum Gasteiger partial charge on any atom is -0.294 e. The van der Waals surface area contributed by atoms with Crippen LogP contribution >= 0.6 is 0 Å². The number of sulfone groups is 1. The van der Waals surface area contributed by atoms with Gasteiger partial charge in [0, 0.05) is 18.2 Å². The van der Waals surface area contributed by atoms with E-state index in [9.17, 15) is 17.6 Å². The van der Waals surface area contributed by atoms with E-state index < -0.39 is 9.84 Å². The average molecular weight is 306 g/mol. The molecular weight excluding hydrogens is 291 g/mol. The van der Waals surface area contributed by atoms with E-state index in [0.29, 0.717) is 16.7 Å². The summed E-state index contributed by atoms with van der Waals surface area (Å²) in [5, 5.41) is 0. The minimum absolute atomic E-state index is 0.102. The summed E-state index contributed by atoms with van der Waals surface area (Å²) in [6.07, 6.45) is 1.36. The summed E-state index contributed by atoms with van der Waals surface area (Å²) in [5.74, 6) is -0.519. The molecule has 0 radical (unpaired) electrons. The number of ketones is 1. The number of benzene rings is 2. The standard InChI is InChI=1S/C16H15FO3S/c1-3-16(18)15-10-13(21(2,19)20)8-9-14(15)11-4-6-12(17)7-5-11/h4-10H,3H2,1-2H3. The molecule has 2 aromatic rings. The number of hydrogen-bond acceptors (Lipinski definition) is 3. The van der Waals surface area contributed by atoms with Crippen LogP contribution in [0.15, 0.2) is 47.4 Å². The fourth-order valence-electron chi connectivity index (χ4n) is 2.06. The zero-order chi connectivity index (χ0) is 15.6. The highest BCUT2D eigenvalue weighted by Crippen LogP contribution is 2.27. The molecule has 5 heteroatoms. The van der Waals surface area contributed by atoms with Crippen molar-refractivity contribution in [1.29, 1.82) is 0 Å². The molecule has 0 unspecified atom stereocenters. The Bertz CT molecular complexity index is 778. The van der Waals surface area contributed by atoms with E-state index in [2.05, 4.69) is 0 Å². The van der Waals surface area contributed by atoms with Gasteiger partial charge in [-0.3, -0.25) is 4.79 Å². The molecule has 3 nitrogen and oxygen atoms in total. The average Bonchev–Trinajstić information content (AvgIpc) is 2.46. The summed E-state index contributed by atoms with van der Waals surface area (Å²) in [5.41, 5.74) is 1.62. The summed E-state index contributed by atoms with van der Waals surface area (Å²) in [6.45, 7) is 1.71. The Hall–Kier alpha value is -2.01. The highest BCUT2D eigenvalue weighted by molar-refractivity contribution is 7.90. The van der Waals surface area contributed by atoms with E-state index in [-0.39, 0.29) is 22.9 Å². The fraction of sp³-hybridized carbons (Fsp3) is 0.188. The molecule has 2 rings (SSSR count).